The first-order valence-electron chi connectivity index (χ1n) is 16.2. The minimum Gasteiger partial charge on any atom is -0.246 e. The summed E-state index contributed by atoms with van der Waals surface area (Å²) in [5, 5.41) is 8.86. The van der Waals surface area contributed by atoms with Crippen molar-refractivity contribution < 1.29 is 0 Å². The van der Waals surface area contributed by atoms with Crippen molar-refractivity contribution in [1.82, 2.24) is 19.9 Å². The van der Waals surface area contributed by atoms with Gasteiger partial charge in [0.1, 0.15) is 0 Å². The molecular formula is C44H26N4. The number of pyridine rings is 4. The molecule has 0 fully saturated rings. The average molecular weight is 611 g/mol. The number of hydrogen-bond donors (Lipinski definition) is 0. The fourth-order valence-electron chi connectivity index (χ4n) is 7.08. The van der Waals surface area contributed by atoms with Gasteiger partial charge in [-0.15, -0.1) is 0 Å². The van der Waals surface area contributed by atoms with Gasteiger partial charge in [-0.25, -0.2) is 19.9 Å². The number of nitrogens with zero attached hydrogens (tertiary/aromatic N) is 4. The molecule has 222 valence electrons. The summed E-state index contributed by atoms with van der Waals surface area (Å²) in [4.78, 5) is 21.0. The van der Waals surface area contributed by atoms with Crippen molar-refractivity contribution in [2.24, 2.45) is 0 Å². The fourth-order valence-corrected chi connectivity index (χ4v) is 7.08. The smallest absolute Gasteiger partial charge is 0.0973 e. The highest BCUT2D eigenvalue weighted by molar-refractivity contribution is 6.20. The van der Waals surface area contributed by atoms with E-state index in [-0.39, 0.29) is 0 Å². The third kappa shape index (κ3) is 4.16. The van der Waals surface area contributed by atoms with Gasteiger partial charge in [-0.2, -0.15) is 0 Å². The molecule has 10 rings (SSSR count). The van der Waals surface area contributed by atoms with Crippen LogP contribution in [-0.4, -0.2) is 19.9 Å². The van der Waals surface area contributed by atoms with E-state index in [4.69, 9.17) is 19.9 Å². The van der Waals surface area contributed by atoms with Crippen molar-refractivity contribution in [1.29, 1.82) is 0 Å². The summed E-state index contributed by atoms with van der Waals surface area (Å²) < 4.78 is 0. The van der Waals surface area contributed by atoms with Crippen LogP contribution >= 0.6 is 0 Å². The normalized spacial score (nSPS) is 11.8. The predicted molar refractivity (Wildman–Crippen MR) is 199 cm³/mol. The van der Waals surface area contributed by atoms with Gasteiger partial charge in [-0.05, 0) is 35.0 Å². The molecular weight excluding hydrogens is 585 g/mol. The summed E-state index contributed by atoms with van der Waals surface area (Å²) in [7, 11) is 0. The molecule has 0 saturated heterocycles. The molecule has 0 saturated carbocycles. The number of fused-ring (bicyclic) bond motifs is 9. The Morgan fingerprint density at radius 3 is 1.42 bits per heavy atom. The Balaban J connectivity index is 1.21. The van der Waals surface area contributed by atoms with Crippen LogP contribution in [0, 0.1) is 0 Å². The van der Waals surface area contributed by atoms with Crippen molar-refractivity contribution in [3.05, 3.63) is 158 Å². The molecule has 0 spiro atoms. The molecule has 0 aliphatic rings. The van der Waals surface area contributed by atoms with Crippen LogP contribution in [0.5, 0.6) is 0 Å². The van der Waals surface area contributed by atoms with E-state index >= 15 is 0 Å². The van der Waals surface area contributed by atoms with Gasteiger partial charge in [-0.1, -0.05) is 133 Å². The van der Waals surface area contributed by atoms with Gasteiger partial charge in [0.15, 0.2) is 0 Å². The van der Waals surface area contributed by atoms with Gasteiger partial charge in [0.25, 0.3) is 0 Å². The van der Waals surface area contributed by atoms with E-state index in [0.29, 0.717) is 0 Å². The van der Waals surface area contributed by atoms with Crippen LogP contribution in [0.4, 0.5) is 0 Å². The van der Waals surface area contributed by atoms with E-state index < -0.39 is 0 Å². The molecule has 6 aromatic carbocycles. The first-order chi connectivity index (χ1) is 23.8. The van der Waals surface area contributed by atoms with Crippen molar-refractivity contribution in [2.75, 3.05) is 0 Å². The first kappa shape index (κ1) is 26.7. The van der Waals surface area contributed by atoms with E-state index in [0.717, 1.165) is 88.3 Å². The molecule has 48 heavy (non-hydrogen) atoms. The lowest BCUT2D eigenvalue weighted by atomic mass is 9.94. The molecule has 10 aromatic rings. The van der Waals surface area contributed by atoms with Gasteiger partial charge < -0.3 is 0 Å². The minimum atomic E-state index is 0.808. The van der Waals surface area contributed by atoms with E-state index in [1.165, 1.54) is 10.8 Å². The minimum absolute atomic E-state index is 0.808. The summed E-state index contributed by atoms with van der Waals surface area (Å²) in [5.41, 5.74) is 9.31. The largest absolute Gasteiger partial charge is 0.246 e. The van der Waals surface area contributed by atoms with Gasteiger partial charge in [0, 0.05) is 43.4 Å². The van der Waals surface area contributed by atoms with E-state index in [1.54, 1.807) is 0 Å². The fraction of sp³-hybridized carbons (Fsp3) is 0. The molecule has 4 aromatic heterocycles. The molecule has 0 N–H and O–H groups in total. The third-order valence-electron chi connectivity index (χ3n) is 9.42. The molecule has 4 nitrogen and oxygen atoms in total. The third-order valence-corrected chi connectivity index (χ3v) is 9.42. The summed E-state index contributed by atoms with van der Waals surface area (Å²) in [6.45, 7) is 0. The van der Waals surface area contributed by atoms with Crippen LogP contribution < -0.4 is 0 Å². The highest BCUT2D eigenvalue weighted by Gasteiger charge is 2.17. The summed E-state index contributed by atoms with van der Waals surface area (Å²) in [6.07, 6.45) is 0. The SMILES string of the molecule is c1ccc(-c2ccc3ccc4ccc(-c5cccc(-c6c7ccc8ccccc8c7nc7c6ccc6ccccc67)n5)nc4c3n2)cc1. The zero-order valence-electron chi connectivity index (χ0n) is 25.8. The average Bonchev–Trinajstić information content (AvgIpc) is 3.16. The molecule has 4 heterocycles. The first-order valence-corrected chi connectivity index (χ1v) is 16.2. The van der Waals surface area contributed by atoms with Gasteiger partial charge in [-0.3, -0.25) is 0 Å². The Morgan fingerprint density at radius 2 is 0.750 bits per heavy atom. The van der Waals surface area contributed by atoms with Crippen molar-refractivity contribution in [2.45, 2.75) is 0 Å². The van der Waals surface area contributed by atoms with Crippen LogP contribution in [0.2, 0.25) is 0 Å². The van der Waals surface area contributed by atoms with Gasteiger partial charge in [0.2, 0.25) is 0 Å². The van der Waals surface area contributed by atoms with Crippen molar-refractivity contribution in [3.8, 4) is 33.9 Å². The summed E-state index contributed by atoms with van der Waals surface area (Å²) in [5.74, 6) is 0. The predicted octanol–water partition coefficient (Wildman–Crippen LogP) is 11.2. The Hall–Kier alpha value is -6.52. The second-order valence-electron chi connectivity index (χ2n) is 12.2. The van der Waals surface area contributed by atoms with Crippen LogP contribution in [0.25, 0.3) is 99.1 Å². The lowest BCUT2D eigenvalue weighted by Crippen LogP contribution is -1.96. The van der Waals surface area contributed by atoms with E-state index in [2.05, 4.69) is 133 Å². The monoisotopic (exact) mass is 610 g/mol. The number of benzene rings is 6. The van der Waals surface area contributed by atoms with Crippen LogP contribution in [0.15, 0.2) is 158 Å². The van der Waals surface area contributed by atoms with Crippen LogP contribution in [0.1, 0.15) is 0 Å². The Kier molecular flexibility index (Phi) is 5.84. The zero-order valence-corrected chi connectivity index (χ0v) is 25.8. The van der Waals surface area contributed by atoms with Gasteiger partial charge >= 0.3 is 0 Å². The molecule has 0 radical (unpaired) electrons. The second kappa shape index (κ2) is 10.5. The van der Waals surface area contributed by atoms with Crippen LogP contribution in [-0.2, 0) is 0 Å². The van der Waals surface area contributed by atoms with Crippen molar-refractivity contribution in [3.63, 3.8) is 0 Å². The number of hydrogen-bond acceptors (Lipinski definition) is 4. The Morgan fingerprint density at radius 1 is 0.250 bits per heavy atom. The summed E-state index contributed by atoms with van der Waals surface area (Å²) >= 11 is 0. The maximum Gasteiger partial charge on any atom is 0.0973 e. The molecule has 0 bridgehead atoms. The molecule has 0 aliphatic carbocycles. The quantitative estimate of drug-likeness (QED) is 0.147. The zero-order chi connectivity index (χ0) is 31.6. The highest BCUT2D eigenvalue weighted by Crippen LogP contribution is 2.40. The Labute approximate surface area is 276 Å². The highest BCUT2D eigenvalue weighted by atomic mass is 14.8. The lowest BCUT2D eigenvalue weighted by molar-refractivity contribution is 1.28. The maximum absolute atomic E-state index is 5.35. The molecule has 0 unspecified atom stereocenters. The lowest BCUT2D eigenvalue weighted by Gasteiger charge is -2.15. The Bertz CT molecular complexity index is 2800. The number of rotatable bonds is 3. The number of aromatic nitrogens is 4. The van der Waals surface area contributed by atoms with Crippen molar-refractivity contribution >= 4 is 65.2 Å². The maximum atomic E-state index is 5.35. The van der Waals surface area contributed by atoms with Crippen LogP contribution in [0.3, 0.4) is 0 Å². The second-order valence-corrected chi connectivity index (χ2v) is 12.2. The summed E-state index contributed by atoms with van der Waals surface area (Å²) in [6, 6.07) is 54.8. The molecule has 0 atom stereocenters. The molecule has 4 heteroatoms. The van der Waals surface area contributed by atoms with E-state index in [9.17, 15) is 0 Å². The molecule has 0 amide bonds. The standard InChI is InChI=1S/C44H26N4/c1-2-11-29(12-3-1)36-25-21-30-17-18-31-22-26-38(47-42(31)41(30)46-36)37-15-8-16-39(45-37)40-34-23-19-27-9-4-6-13-32(27)43(34)48-44-33-14-7-5-10-28(33)20-24-35(40)44/h1-26H. The topological polar surface area (TPSA) is 51.6 Å². The van der Waals surface area contributed by atoms with Gasteiger partial charge in [0.05, 0.1) is 44.8 Å². The molecule has 0 aliphatic heterocycles. The van der Waals surface area contributed by atoms with E-state index in [1.807, 2.05) is 24.3 Å².